The van der Waals surface area contributed by atoms with Crippen LogP contribution in [0.3, 0.4) is 0 Å². The fraction of sp³-hybridized carbons (Fsp3) is 0.545. The summed E-state index contributed by atoms with van der Waals surface area (Å²) in [4.78, 5) is 29.4. The second-order valence-electron chi connectivity index (χ2n) is 4.13. The van der Waals surface area contributed by atoms with Gasteiger partial charge < -0.3 is 9.64 Å². The number of ether oxygens (including phenoxy) is 1. The van der Waals surface area contributed by atoms with Gasteiger partial charge >= 0.3 is 5.69 Å². The molecule has 0 bridgehead atoms. The zero-order valence-electron chi connectivity index (χ0n) is 10.5. The smallest absolute Gasteiger partial charge is 0.332 e. The Labute approximate surface area is 104 Å². The number of rotatable bonds is 2. The van der Waals surface area contributed by atoms with Crippen LogP contribution in [0.2, 0.25) is 0 Å². The van der Waals surface area contributed by atoms with Crippen molar-refractivity contribution in [1.29, 1.82) is 0 Å². The van der Waals surface area contributed by atoms with Gasteiger partial charge in [-0.1, -0.05) is 0 Å². The van der Waals surface area contributed by atoms with Crippen LogP contribution in [-0.2, 0) is 18.8 Å². The van der Waals surface area contributed by atoms with Crippen molar-refractivity contribution in [2.75, 3.05) is 26.3 Å². The van der Waals surface area contributed by atoms with Crippen LogP contribution in [0.5, 0.6) is 0 Å². The summed E-state index contributed by atoms with van der Waals surface area (Å²) in [7, 11) is 3.04. The Morgan fingerprint density at radius 3 is 2.56 bits per heavy atom. The molecule has 1 aliphatic rings. The molecule has 1 aliphatic heterocycles. The van der Waals surface area contributed by atoms with Gasteiger partial charge in [-0.05, 0) is 0 Å². The largest absolute Gasteiger partial charge is 0.378 e. The Kier molecular flexibility index (Phi) is 3.61. The first-order valence-corrected chi connectivity index (χ1v) is 5.72. The Balaban J connectivity index is 2.26. The van der Waals surface area contributed by atoms with E-state index in [0.29, 0.717) is 19.0 Å². The van der Waals surface area contributed by atoms with E-state index in [-0.39, 0.29) is 11.2 Å². The summed E-state index contributed by atoms with van der Waals surface area (Å²) in [5.74, 6) is 0.356. The number of hydrogen-bond acceptors (Lipinski definition) is 4. The van der Waals surface area contributed by atoms with Crippen LogP contribution >= 0.6 is 0 Å². The first-order chi connectivity index (χ1) is 8.59. The normalized spacial score (nSPS) is 16.4. The molecule has 0 unspecified atom stereocenters. The van der Waals surface area contributed by atoms with Crippen molar-refractivity contribution in [3.8, 4) is 0 Å². The van der Waals surface area contributed by atoms with E-state index in [1.54, 1.807) is 13.4 Å². The highest BCUT2D eigenvalue weighted by molar-refractivity contribution is 5.59. The highest BCUT2D eigenvalue weighted by Gasteiger charge is 2.07. The van der Waals surface area contributed by atoms with Crippen LogP contribution in [0.25, 0.3) is 0 Å². The third kappa shape index (κ3) is 2.51. The molecule has 0 N–H and O–H groups in total. The molecule has 0 amide bonds. The fourth-order valence-electron chi connectivity index (χ4n) is 1.68. The number of hydrogen-bond donors (Lipinski definition) is 0. The summed E-state index contributed by atoms with van der Waals surface area (Å²) in [6.07, 6.45) is 1.65. The second kappa shape index (κ2) is 5.18. The molecule has 0 radical (unpaired) electrons. The highest BCUT2D eigenvalue weighted by atomic mass is 16.5. The van der Waals surface area contributed by atoms with E-state index in [2.05, 4.69) is 4.99 Å². The van der Waals surface area contributed by atoms with Crippen LogP contribution in [0.1, 0.15) is 0 Å². The molecule has 1 aromatic rings. The van der Waals surface area contributed by atoms with Crippen molar-refractivity contribution in [1.82, 2.24) is 14.0 Å². The van der Waals surface area contributed by atoms with E-state index in [4.69, 9.17) is 4.74 Å². The summed E-state index contributed by atoms with van der Waals surface area (Å²) in [6.45, 7) is 2.87. The summed E-state index contributed by atoms with van der Waals surface area (Å²) in [6, 6.07) is 1.35. The third-order valence-corrected chi connectivity index (χ3v) is 2.90. The van der Waals surface area contributed by atoms with Gasteiger partial charge in [-0.3, -0.25) is 13.9 Å². The van der Waals surface area contributed by atoms with Crippen molar-refractivity contribution in [2.24, 2.45) is 19.1 Å². The van der Waals surface area contributed by atoms with Crippen molar-refractivity contribution >= 4 is 12.2 Å². The van der Waals surface area contributed by atoms with Crippen LogP contribution in [0, 0.1) is 0 Å². The number of nitrogens with zero attached hydrogens (tertiary/aromatic N) is 4. The maximum absolute atomic E-state index is 11.7. The van der Waals surface area contributed by atoms with Crippen LogP contribution in [0.4, 0.5) is 5.82 Å². The summed E-state index contributed by atoms with van der Waals surface area (Å²) < 4.78 is 7.61. The molecule has 2 heterocycles. The van der Waals surface area contributed by atoms with Crippen molar-refractivity contribution < 1.29 is 4.74 Å². The maximum Gasteiger partial charge on any atom is 0.332 e. The minimum atomic E-state index is -0.378. The second-order valence-corrected chi connectivity index (χ2v) is 4.13. The average Bonchev–Trinajstić information content (AvgIpc) is 2.40. The standard InChI is InChI=1S/C11H16N4O3/c1-13-9(7-10(16)14(2)11(13)17)12-8-15-3-5-18-6-4-15/h7-8H,3-6H2,1-2H3. The Hall–Kier alpha value is -1.89. The SMILES string of the molecule is Cn1c(N=CN2CCOCC2)cc(=O)n(C)c1=O. The van der Waals surface area contributed by atoms with Gasteiger partial charge in [-0.2, -0.15) is 0 Å². The van der Waals surface area contributed by atoms with Gasteiger partial charge in [0.1, 0.15) is 5.82 Å². The quantitative estimate of drug-likeness (QED) is 0.504. The van der Waals surface area contributed by atoms with Gasteiger partial charge in [0.25, 0.3) is 5.56 Å². The van der Waals surface area contributed by atoms with Gasteiger partial charge in [0.05, 0.1) is 19.6 Å². The lowest BCUT2D eigenvalue weighted by Gasteiger charge is -2.24. The molecule has 98 valence electrons. The summed E-state index contributed by atoms with van der Waals surface area (Å²) >= 11 is 0. The monoisotopic (exact) mass is 252 g/mol. The van der Waals surface area contributed by atoms with E-state index in [1.807, 2.05) is 4.90 Å². The predicted octanol–water partition coefficient (Wildman–Crippen LogP) is -0.924. The first-order valence-electron chi connectivity index (χ1n) is 5.72. The van der Waals surface area contributed by atoms with Crippen molar-refractivity contribution in [3.63, 3.8) is 0 Å². The highest BCUT2D eigenvalue weighted by Crippen LogP contribution is 2.04. The molecular formula is C11H16N4O3. The predicted molar refractivity (Wildman–Crippen MR) is 67.5 cm³/mol. The average molecular weight is 252 g/mol. The number of morpholine rings is 1. The van der Waals surface area contributed by atoms with Gasteiger partial charge in [0.2, 0.25) is 0 Å². The van der Waals surface area contributed by atoms with Crippen LogP contribution < -0.4 is 11.2 Å². The molecule has 0 spiro atoms. The zero-order chi connectivity index (χ0) is 13.1. The van der Waals surface area contributed by atoms with E-state index < -0.39 is 0 Å². The molecule has 0 saturated carbocycles. The molecule has 0 atom stereocenters. The number of aliphatic imine (C=N–C) groups is 1. The molecular weight excluding hydrogens is 236 g/mol. The molecule has 0 aromatic carbocycles. The molecule has 1 aromatic heterocycles. The van der Waals surface area contributed by atoms with Gasteiger partial charge in [0, 0.05) is 33.3 Å². The lowest BCUT2D eigenvalue weighted by Crippen LogP contribution is -2.37. The summed E-state index contributed by atoms with van der Waals surface area (Å²) in [5.41, 5.74) is -0.733. The molecule has 1 fully saturated rings. The van der Waals surface area contributed by atoms with Crippen LogP contribution in [0.15, 0.2) is 20.6 Å². The Bertz CT molecular complexity index is 567. The molecule has 2 rings (SSSR count). The van der Waals surface area contributed by atoms with Crippen LogP contribution in [-0.4, -0.2) is 46.7 Å². The van der Waals surface area contributed by atoms with E-state index in [1.165, 1.54) is 17.7 Å². The van der Waals surface area contributed by atoms with E-state index >= 15 is 0 Å². The van der Waals surface area contributed by atoms with Crippen molar-refractivity contribution in [2.45, 2.75) is 0 Å². The summed E-state index contributed by atoms with van der Waals surface area (Å²) in [5, 5.41) is 0. The van der Waals surface area contributed by atoms with E-state index in [0.717, 1.165) is 17.7 Å². The Morgan fingerprint density at radius 1 is 1.22 bits per heavy atom. The van der Waals surface area contributed by atoms with Gasteiger partial charge in [-0.15, -0.1) is 0 Å². The topological polar surface area (TPSA) is 68.8 Å². The minimum absolute atomic E-state index is 0.354. The zero-order valence-corrected chi connectivity index (χ0v) is 10.5. The third-order valence-electron chi connectivity index (χ3n) is 2.90. The molecule has 7 heteroatoms. The van der Waals surface area contributed by atoms with E-state index in [9.17, 15) is 9.59 Å². The first kappa shape index (κ1) is 12.6. The maximum atomic E-state index is 11.7. The fourth-order valence-corrected chi connectivity index (χ4v) is 1.68. The van der Waals surface area contributed by atoms with Gasteiger partial charge in [-0.25, -0.2) is 9.79 Å². The molecule has 7 nitrogen and oxygen atoms in total. The minimum Gasteiger partial charge on any atom is -0.378 e. The molecule has 0 aliphatic carbocycles. The number of aromatic nitrogens is 2. The Morgan fingerprint density at radius 2 is 1.89 bits per heavy atom. The lowest BCUT2D eigenvalue weighted by molar-refractivity contribution is 0.0701. The van der Waals surface area contributed by atoms with Gasteiger partial charge in [0.15, 0.2) is 0 Å². The molecule has 1 saturated heterocycles. The lowest BCUT2D eigenvalue weighted by atomic mass is 10.5. The molecule has 18 heavy (non-hydrogen) atoms. The van der Waals surface area contributed by atoms with Crippen molar-refractivity contribution in [3.05, 3.63) is 26.9 Å².